The Morgan fingerprint density at radius 3 is 2.72 bits per heavy atom. The van der Waals surface area contributed by atoms with Crippen LogP contribution in [0.5, 0.6) is 0 Å². The van der Waals surface area contributed by atoms with Crippen LogP contribution < -0.4 is 4.90 Å². The zero-order valence-corrected chi connectivity index (χ0v) is 10.2. The Morgan fingerprint density at radius 2 is 1.94 bits per heavy atom. The minimum atomic E-state index is 0.487. The van der Waals surface area contributed by atoms with E-state index in [9.17, 15) is 0 Å². The molecule has 2 aromatic rings. The zero-order chi connectivity index (χ0) is 12.2. The number of piperidine rings is 1. The molecule has 18 heavy (non-hydrogen) atoms. The highest BCUT2D eigenvalue weighted by atomic mass is 15.1. The summed E-state index contributed by atoms with van der Waals surface area (Å²) in [6, 6.07) is 4.14. The molecular formula is C14H16N4. The van der Waals surface area contributed by atoms with Gasteiger partial charge in [-0.25, -0.2) is 0 Å². The van der Waals surface area contributed by atoms with Gasteiger partial charge in [0.05, 0.1) is 5.69 Å². The summed E-state index contributed by atoms with van der Waals surface area (Å²) in [5.41, 5.74) is 2.36. The Labute approximate surface area is 107 Å². The molecule has 0 aliphatic carbocycles. The minimum Gasteiger partial charge on any atom is -0.371 e. The van der Waals surface area contributed by atoms with Gasteiger partial charge in [0.25, 0.3) is 0 Å². The van der Waals surface area contributed by atoms with Crippen molar-refractivity contribution in [2.24, 2.45) is 0 Å². The Kier molecular flexibility index (Phi) is 3.17. The quantitative estimate of drug-likeness (QED) is 0.807. The average Bonchev–Trinajstić information content (AvgIpc) is 2.49. The number of nitrogens with zero attached hydrogens (tertiary/aromatic N) is 4. The van der Waals surface area contributed by atoms with Crippen LogP contribution in [0, 0.1) is 0 Å². The Balaban J connectivity index is 1.77. The molecule has 0 bridgehead atoms. The molecule has 2 aromatic heterocycles. The van der Waals surface area contributed by atoms with E-state index < -0.39 is 0 Å². The van der Waals surface area contributed by atoms with E-state index in [-0.39, 0.29) is 0 Å². The van der Waals surface area contributed by atoms with E-state index in [1.54, 1.807) is 12.4 Å². The van der Waals surface area contributed by atoms with Crippen molar-refractivity contribution in [1.82, 2.24) is 15.0 Å². The van der Waals surface area contributed by atoms with Gasteiger partial charge in [-0.3, -0.25) is 15.0 Å². The third-order valence-corrected chi connectivity index (χ3v) is 3.45. The highest BCUT2D eigenvalue weighted by molar-refractivity contribution is 5.45. The maximum Gasteiger partial charge on any atom is 0.0635 e. The van der Waals surface area contributed by atoms with E-state index in [4.69, 9.17) is 0 Å². The summed E-state index contributed by atoms with van der Waals surface area (Å²) in [6.45, 7) is 2.13. The van der Waals surface area contributed by atoms with Gasteiger partial charge in [0, 0.05) is 55.7 Å². The monoisotopic (exact) mass is 240 g/mol. The van der Waals surface area contributed by atoms with Crippen LogP contribution in [0.1, 0.15) is 24.5 Å². The molecule has 4 heteroatoms. The third kappa shape index (κ3) is 2.32. The van der Waals surface area contributed by atoms with E-state index >= 15 is 0 Å². The lowest BCUT2D eigenvalue weighted by atomic mass is 9.95. The molecule has 4 nitrogen and oxygen atoms in total. The molecule has 92 valence electrons. The van der Waals surface area contributed by atoms with Gasteiger partial charge in [0.1, 0.15) is 0 Å². The van der Waals surface area contributed by atoms with Crippen LogP contribution >= 0.6 is 0 Å². The molecule has 3 heterocycles. The molecule has 1 aliphatic rings. The lowest BCUT2D eigenvalue weighted by Gasteiger charge is -2.33. The fraction of sp³-hybridized carbons (Fsp3) is 0.357. The highest BCUT2D eigenvalue weighted by Crippen LogP contribution is 2.28. The first-order valence-corrected chi connectivity index (χ1v) is 6.34. The van der Waals surface area contributed by atoms with Crippen LogP contribution in [0.25, 0.3) is 0 Å². The maximum atomic E-state index is 4.43. The third-order valence-electron chi connectivity index (χ3n) is 3.45. The number of rotatable bonds is 2. The van der Waals surface area contributed by atoms with Crippen LogP contribution in [0.2, 0.25) is 0 Å². The van der Waals surface area contributed by atoms with E-state index in [2.05, 4.69) is 32.0 Å². The molecule has 0 saturated carbocycles. The number of anilines is 1. The van der Waals surface area contributed by atoms with Gasteiger partial charge in [-0.2, -0.15) is 0 Å². The second-order valence-electron chi connectivity index (χ2n) is 4.62. The lowest BCUT2D eigenvalue weighted by molar-refractivity contribution is 0.500. The molecular weight excluding hydrogens is 224 g/mol. The Bertz CT molecular complexity index is 440. The van der Waals surface area contributed by atoms with Crippen molar-refractivity contribution >= 4 is 5.69 Å². The van der Waals surface area contributed by atoms with E-state index in [0.717, 1.165) is 18.8 Å². The van der Waals surface area contributed by atoms with Crippen LogP contribution in [0.4, 0.5) is 5.69 Å². The SMILES string of the molecule is c1cc(N2CCCC(c3cnccn3)C2)ccn1. The molecule has 1 atom stereocenters. The summed E-state index contributed by atoms with van der Waals surface area (Å²) >= 11 is 0. The van der Waals surface area contributed by atoms with Gasteiger partial charge in [0.15, 0.2) is 0 Å². The first kappa shape index (κ1) is 11.1. The smallest absolute Gasteiger partial charge is 0.0635 e. The zero-order valence-electron chi connectivity index (χ0n) is 10.2. The van der Waals surface area contributed by atoms with Crippen molar-refractivity contribution < 1.29 is 0 Å². The average molecular weight is 240 g/mol. The summed E-state index contributed by atoms with van der Waals surface area (Å²) in [6.07, 6.45) is 11.5. The molecule has 0 aromatic carbocycles. The van der Waals surface area contributed by atoms with Crippen LogP contribution in [-0.4, -0.2) is 28.0 Å². The first-order chi connectivity index (χ1) is 8.93. The number of pyridine rings is 1. The predicted molar refractivity (Wildman–Crippen MR) is 70.5 cm³/mol. The van der Waals surface area contributed by atoms with Gasteiger partial charge < -0.3 is 4.90 Å². The van der Waals surface area contributed by atoms with Crippen LogP contribution in [-0.2, 0) is 0 Å². The predicted octanol–water partition coefficient (Wildman–Crippen LogP) is 2.26. The van der Waals surface area contributed by atoms with Crippen molar-refractivity contribution in [3.63, 3.8) is 0 Å². The van der Waals surface area contributed by atoms with Gasteiger partial charge in [0.2, 0.25) is 0 Å². The largest absolute Gasteiger partial charge is 0.371 e. The van der Waals surface area contributed by atoms with Crippen molar-refractivity contribution in [1.29, 1.82) is 0 Å². The van der Waals surface area contributed by atoms with E-state index in [1.165, 1.54) is 18.5 Å². The molecule has 1 fully saturated rings. The van der Waals surface area contributed by atoms with Gasteiger partial charge in [-0.15, -0.1) is 0 Å². The summed E-state index contributed by atoms with van der Waals surface area (Å²) in [5, 5.41) is 0. The van der Waals surface area contributed by atoms with Gasteiger partial charge in [-0.05, 0) is 25.0 Å². The molecule has 1 unspecified atom stereocenters. The van der Waals surface area contributed by atoms with E-state index in [1.807, 2.05) is 18.6 Å². The van der Waals surface area contributed by atoms with Crippen molar-refractivity contribution in [3.8, 4) is 0 Å². The van der Waals surface area contributed by atoms with Crippen molar-refractivity contribution in [2.75, 3.05) is 18.0 Å². The molecule has 0 N–H and O–H groups in total. The molecule has 0 radical (unpaired) electrons. The molecule has 3 rings (SSSR count). The van der Waals surface area contributed by atoms with Gasteiger partial charge >= 0.3 is 0 Å². The van der Waals surface area contributed by atoms with Gasteiger partial charge in [-0.1, -0.05) is 0 Å². The molecule has 1 saturated heterocycles. The van der Waals surface area contributed by atoms with E-state index in [0.29, 0.717) is 5.92 Å². The maximum absolute atomic E-state index is 4.43. The van der Waals surface area contributed by atoms with Crippen molar-refractivity contribution in [2.45, 2.75) is 18.8 Å². The Hall–Kier alpha value is -1.97. The molecule has 0 amide bonds. The normalized spacial score (nSPS) is 19.8. The number of hydrogen-bond acceptors (Lipinski definition) is 4. The minimum absolute atomic E-state index is 0.487. The van der Waals surface area contributed by atoms with Crippen LogP contribution in [0.15, 0.2) is 43.1 Å². The number of hydrogen-bond donors (Lipinski definition) is 0. The second-order valence-corrected chi connectivity index (χ2v) is 4.62. The Morgan fingerprint density at radius 1 is 1.06 bits per heavy atom. The number of aromatic nitrogens is 3. The fourth-order valence-electron chi connectivity index (χ4n) is 2.53. The summed E-state index contributed by atoms with van der Waals surface area (Å²) in [7, 11) is 0. The van der Waals surface area contributed by atoms with Crippen molar-refractivity contribution in [3.05, 3.63) is 48.8 Å². The fourth-order valence-corrected chi connectivity index (χ4v) is 2.53. The topological polar surface area (TPSA) is 41.9 Å². The lowest BCUT2D eigenvalue weighted by Crippen LogP contribution is -2.34. The molecule has 1 aliphatic heterocycles. The summed E-state index contributed by atoms with van der Waals surface area (Å²) < 4.78 is 0. The second kappa shape index (κ2) is 5.12. The standard InChI is InChI=1S/C14H16N4/c1-2-12(14-10-16-7-8-17-14)11-18(9-1)13-3-5-15-6-4-13/h3-8,10,12H,1-2,9,11H2. The van der Waals surface area contributed by atoms with Crippen LogP contribution in [0.3, 0.4) is 0 Å². The molecule has 0 spiro atoms. The first-order valence-electron chi connectivity index (χ1n) is 6.34. The highest BCUT2D eigenvalue weighted by Gasteiger charge is 2.22. The summed E-state index contributed by atoms with van der Waals surface area (Å²) in [4.78, 5) is 15.1. The summed E-state index contributed by atoms with van der Waals surface area (Å²) in [5.74, 6) is 0.487.